The Kier molecular flexibility index (Phi) is 7.22. The molecule has 3 heterocycles. The summed E-state index contributed by atoms with van der Waals surface area (Å²) in [6.45, 7) is 1.96. The van der Waals surface area contributed by atoms with E-state index in [1.165, 1.54) is 22.7 Å². The monoisotopic (exact) mass is 589 g/mol. The minimum Gasteiger partial charge on any atom is -0.507 e. The van der Waals surface area contributed by atoms with E-state index in [0.717, 1.165) is 22.6 Å². The highest BCUT2D eigenvalue weighted by molar-refractivity contribution is 8.00. The Hall–Kier alpha value is -4.22. The van der Waals surface area contributed by atoms with Gasteiger partial charge < -0.3 is 14.6 Å². The summed E-state index contributed by atoms with van der Waals surface area (Å²) in [4.78, 5) is 28.3. The number of amides is 1. The van der Waals surface area contributed by atoms with Gasteiger partial charge in [-0.25, -0.2) is 4.39 Å². The summed E-state index contributed by atoms with van der Waals surface area (Å²) >= 11 is 2.40. The van der Waals surface area contributed by atoms with Crippen LogP contribution in [0, 0.1) is 5.82 Å². The molecule has 1 N–H and O–H groups in total. The van der Waals surface area contributed by atoms with Crippen molar-refractivity contribution in [3.05, 3.63) is 100 Å². The number of hydrogen-bond acceptors (Lipinski definition) is 9. The number of carbonyl (C=O) groups excluding carboxylic acids is 2. The highest BCUT2D eigenvalue weighted by atomic mass is 32.2. The van der Waals surface area contributed by atoms with Crippen LogP contribution < -0.4 is 14.4 Å². The zero-order valence-corrected chi connectivity index (χ0v) is 23.7. The largest absolute Gasteiger partial charge is 0.507 e. The predicted octanol–water partition coefficient (Wildman–Crippen LogP) is 5.93. The van der Waals surface area contributed by atoms with Gasteiger partial charge in [0.05, 0.1) is 18.7 Å². The van der Waals surface area contributed by atoms with Crippen LogP contribution in [0.2, 0.25) is 0 Å². The van der Waals surface area contributed by atoms with Crippen molar-refractivity contribution in [2.75, 3.05) is 12.0 Å². The Labute approximate surface area is 243 Å². The number of benzene rings is 3. The van der Waals surface area contributed by atoms with Crippen molar-refractivity contribution in [1.82, 2.24) is 10.2 Å². The van der Waals surface area contributed by atoms with E-state index in [2.05, 4.69) is 10.2 Å². The molecule has 2 aliphatic heterocycles. The molecule has 1 amide bonds. The first-order valence-corrected chi connectivity index (χ1v) is 14.6. The molecule has 1 fully saturated rings. The number of anilines is 1. The molecule has 0 unspecified atom stereocenters. The topological polar surface area (TPSA) is 102 Å². The van der Waals surface area contributed by atoms with E-state index in [9.17, 15) is 19.1 Å². The van der Waals surface area contributed by atoms with Crippen LogP contribution in [-0.2, 0) is 21.8 Å². The summed E-state index contributed by atoms with van der Waals surface area (Å²) in [7, 11) is 1.54. The van der Waals surface area contributed by atoms with Crippen molar-refractivity contribution in [3.8, 4) is 11.5 Å². The minimum absolute atomic E-state index is 0.00938. The molecule has 2 aliphatic rings. The molecule has 8 nitrogen and oxygen atoms in total. The molecule has 0 radical (unpaired) electrons. The number of halogens is 1. The van der Waals surface area contributed by atoms with Crippen molar-refractivity contribution in [2.24, 2.45) is 0 Å². The lowest BCUT2D eigenvalue weighted by Crippen LogP contribution is -2.29. The fraction of sp³-hybridized carbons (Fsp3) is 0.200. The standard InChI is InChI=1S/C30H24FN3O5S2/c1-16-13-20-14-18(9-12-23(20)39-16)26(35)24-25(17-7-10-21(38-2)11-8-17)34(28(37)27(24)36)29-32-33-30(41-29)40-15-19-5-3-4-6-22(19)31/h3-12,14,16,25,35H,13,15H2,1-2H3/b26-24+/t16-,25-/m0/s1. The molecular formula is C30H24FN3O5S2. The number of Topliss-reactive ketones (excluding diaryl/α,β-unsaturated/α-hetero) is 1. The van der Waals surface area contributed by atoms with E-state index in [-0.39, 0.29) is 28.4 Å². The van der Waals surface area contributed by atoms with Crippen LogP contribution in [0.15, 0.2) is 76.6 Å². The minimum atomic E-state index is -0.957. The van der Waals surface area contributed by atoms with Crippen LogP contribution in [0.5, 0.6) is 11.5 Å². The first-order chi connectivity index (χ1) is 19.8. The van der Waals surface area contributed by atoms with Crippen LogP contribution in [-0.4, -0.2) is 40.2 Å². The van der Waals surface area contributed by atoms with Gasteiger partial charge in [0.25, 0.3) is 5.78 Å². The fourth-order valence-corrected chi connectivity index (χ4v) is 6.82. The van der Waals surface area contributed by atoms with Crippen molar-refractivity contribution < 1.29 is 28.6 Å². The number of aromatic nitrogens is 2. The molecule has 0 saturated carbocycles. The molecule has 0 bridgehead atoms. The van der Waals surface area contributed by atoms with E-state index in [1.807, 2.05) is 6.92 Å². The van der Waals surface area contributed by atoms with E-state index >= 15 is 0 Å². The molecule has 0 spiro atoms. The van der Waals surface area contributed by atoms with E-state index in [1.54, 1.807) is 67.8 Å². The lowest BCUT2D eigenvalue weighted by Gasteiger charge is -2.22. The average Bonchev–Trinajstić information content (AvgIpc) is 3.67. The smallest absolute Gasteiger partial charge is 0.301 e. The number of methoxy groups -OCH3 is 1. The molecule has 2 atom stereocenters. The summed E-state index contributed by atoms with van der Waals surface area (Å²) in [5.41, 5.74) is 2.37. The summed E-state index contributed by atoms with van der Waals surface area (Å²) in [6.07, 6.45) is 0.681. The van der Waals surface area contributed by atoms with Crippen molar-refractivity contribution in [3.63, 3.8) is 0 Å². The number of fused-ring (bicyclic) bond motifs is 1. The Morgan fingerprint density at radius 3 is 2.68 bits per heavy atom. The lowest BCUT2D eigenvalue weighted by atomic mass is 9.94. The first kappa shape index (κ1) is 27.0. The van der Waals surface area contributed by atoms with Gasteiger partial charge in [-0.2, -0.15) is 0 Å². The Morgan fingerprint density at radius 1 is 1.15 bits per heavy atom. The molecule has 11 heteroatoms. The third-order valence-corrected chi connectivity index (χ3v) is 9.06. The fourth-order valence-electron chi connectivity index (χ4n) is 4.97. The van der Waals surface area contributed by atoms with Crippen LogP contribution in [0.4, 0.5) is 9.52 Å². The predicted molar refractivity (Wildman–Crippen MR) is 154 cm³/mol. The highest BCUT2D eigenvalue weighted by Gasteiger charge is 2.48. The SMILES string of the molecule is COc1ccc([C@H]2/C(=C(\O)c3ccc4c(c3)C[C@H](C)O4)C(=O)C(=O)N2c2nnc(SCc3ccccc3F)s2)cc1. The number of ketones is 1. The summed E-state index contributed by atoms with van der Waals surface area (Å²) in [5.74, 6) is -0.605. The number of nitrogens with zero attached hydrogens (tertiary/aromatic N) is 3. The number of carbonyl (C=O) groups is 2. The van der Waals surface area contributed by atoms with Gasteiger partial charge in [-0.3, -0.25) is 14.5 Å². The van der Waals surface area contributed by atoms with Gasteiger partial charge in [0, 0.05) is 17.7 Å². The molecule has 41 heavy (non-hydrogen) atoms. The number of aliphatic hydroxyl groups excluding tert-OH is 1. The van der Waals surface area contributed by atoms with Gasteiger partial charge in [-0.05, 0) is 60.0 Å². The number of ether oxygens (including phenoxy) is 2. The normalized spacial score (nSPS) is 19.3. The second kappa shape index (κ2) is 11.0. The molecule has 208 valence electrons. The van der Waals surface area contributed by atoms with Gasteiger partial charge in [-0.1, -0.05) is 53.4 Å². The van der Waals surface area contributed by atoms with Crippen LogP contribution in [0.1, 0.15) is 35.2 Å². The van der Waals surface area contributed by atoms with Gasteiger partial charge in [0.1, 0.15) is 29.2 Å². The van der Waals surface area contributed by atoms with Gasteiger partial charge in [0.2, 0.25) is 5.13 Å². The average molecular weight is 590 g/mol. The molecule has 0 aliphatic carbocycles. The molecule has 1 saturated heterocycles. The van der Waals surface area contributed by atoms with Crippen molar-refractivity contribution >= 4 is 45.7 Å². The Balaban J connectivity index is 1.39. The third kappa shape index (κ3) is 5.07. The molecule has 3 aromatic carbocycles. The number of thioether (sulfide) groups is 1. The molecular weight excluding hydrogens is 565 g/mol. The van der Waals surface area contributed by atoms with Crippen molar-refractivity contribution in [2.45, 2.75) is 35.6 Å². The number of rotatable bonds is 7. The maximum atomic E-state index is 14.1. The quantitative estimate of drug-likeness (QED) is 0.0931. The van der Waals surface area contributed by atoms with Gasteiger partial charge in [-0.15, -0.1) is 10.2 Å². The molecule has 1 aromatic heterocycles. The Bertz CT molecular complexity index is 1690. The maximum absolute atomic E-state index is 14.1. The van der Waals surface area contributed by atoms with Gasteiger partial charge in [0.15, 0.2) is 4.34 Å². The first-order valence-electron chi connectivity index (χ1n) is 12.8. The zero-order chi connectivity index (χ0) is 28.7. The second-order valence-electron chi connectivity index (χ2n) is 9.63. The zero-order valence-electron chi connectivity index (χ0n) is 22.0. The number of hydrogen-bond donors (Lipinski definition) is 1. The molecule has 6 rings (SSSR count). The van der Waals surface area contributed by atoms with Crippen LogP contribution in [0.3, 0.4) is 0 Å². The maximum Gasteiger partial charge on any atom is 0.301 e. The van der Waals surface area contributed by atoms with Crippen LogP contribution in [0.25, 0.3) is 5.76 Å². The second-order valence-corrected chi connectivity index (χ2v) is 11.8. The number of aliphatic hydroxyl groups is 1. The molecule has 4 aromatic rings. The Morgan fingerprint density at radius 2 is 1.93 bits per heavy atom. The third-order valence-electron chi connectivity index (χ3n) is 6.96. The summed E-state index contributed by atoms with van der Waals surface area (Å²) in [5, 5.41) is 20.1. The summed E-state index contributed by atoms with van der Waals surface area (Å²) < 4.78 is 25.7. The van der Waals surface area contributed by atoms with E-state index in [4.69, 9.17) is 9.47 Å². The van der Waals surface area contributed by atoms with E-state index in [0.29, 0.717) is 39.0 Å². The lowest BCUT2D eigenvalue weighted by molar-refractivity contribution is -0.132. The van der Waals surface area contributed by atoms with Gasteiger partial charge >= 0.3 is 5.91 Å². The summed E-state index contributed by atoms with van der Waals surface area (Å²) in [6, 6.07) is 17.7. The highest BCUT2D eigenvalue weighted by Crippen LogP contribution is 2.45. The van der Waals surface area contributed by atoms with E-state index < -0.39 is 17.7 Å². The van der Waals surface area contributed by atoms with Crippen molar-refractivity contribution in [1.29, 1.82) is 0 Å². The van der Waals surface area contributed by atoms with Crippen LogP contribution >= 0.6 is 23.1 Å².